The van der Waals surface area contributed by atoms with E-state index in [0.717, 1.165) is 19.3 Å². The van der Waals surface area contributed by atoms with Crippen molar-refractivity contribution in [3.8, 4) is 0 Å². The molecule has 0 unspecified atom stereocenters. The van der Waals surface area contributed by atoms with E-state index >= 15 is 0 Å². The molecule has 0 saturated heterocycles. The van der Waals surface area contributed by atoms with Crippen LogP contribution in [0.2, 0.25) is 0 Å². The van der Waals surface area contributed by atoms with Gasteiger partial charge in [-0.05, 0) is 38.5 Å². The predicted molar refractivity (Wildman–Crippen MR) is 112 cm³/mol. The van der Waals surface area contributed by atoms with Gasteiger partial charge in [0.25, 0.3) is 0 Å². The predicted octanol–water partition coefficient (Wildman–Crippen LogP) is 5.68. The lowest BCUT2D eigenvalue weighted by Crippen LogP contribution is -2.12. The van der Waals surface area contributed by atoms with Crippen molar-refractivity contribution >= 4 is 10.4 Å². The monoisotopic (exact) mass is 406 g/mol. The molecule has 0 aliphatic heterocycles. The maximum absolute atomic E-state index is 11.3. The van der Waals surface area contributed by atoms with Gasteiger partial charge in [0, 0.05) is 6.61 Å². The molecular formula is C21H42O5S. The third kappa shape index (κ3) is 21.7. The van der Waals surface area contributed by atoms with Crippen molar-refractivity contribution in [2.24, 2.45) is 0 Å². The average molecular weight is 407 g/mol. The molecule has 1 N–H and O–H groups in total. The third-order valence-corrected chi connectivity index (χ3v) is 5.32. The Morgan fingerprint density at radius 2 is 1.11 bits per heavy atom. The molecule has 0 fully saturated rings. The summed E-state index contributed by atoms with van der Waals surface area (Å²) in [5.41, 5.74) is 0. The largest absolute Gasteiger partial charge is 0.399 e. The van der Waals surface area contributed by atoms with E-state index in [2.05, 4.69) is 23.3 Å². The highest BCUT2D eigenvalue weighted by molar-refractivity contribution is 7.81. The Bertz CT molecular complexity index is 420. The molecule has 0 aliphatic carbocycles. The number of unbranched alkanes of at least 4 members (excludes halogenated alkanes) is 12. The molecule has 0 atom stereocenters. The fraction of sp³-hybridized carbons (Fsp3) is 0.905. The van der Waals surface area contributed by atoms with Crippen LogP contribution in [-0.4, -0.2) is 33.3 Å². The maximum atomic E-state index is 11.3. The number of rotatable bonds is 21. The summed E-state index contributed by atoms with van der Waals surface area (Å²) in [7, 11) is -3.89. The van der Waals surface area contributed by atoms with Gasteiger partial charge >= 0.3 is 10.4 Å². The molecule has 0 aromatic heterocycles. The molecule has 0 radical (unpaired) electrons. The smallest absolute Gasteiger partial charge is 0.396 e. The topological polar surface area (TPSA) is 72.8 Å². The first-order valence-corrected chi connectivity index (χ1v) is 12.3. The Morgan fingerprint density at radius 1 is 0.667 bits per heavy atom. The number of aliphatic hydroxyl groups excluding tert-OH is 1. The molecule has 0 aliphatic rings. The van der Waals surface area contributed by atoms with Crippen LogP contribution in [0.4, 0.5) is 0 Å². The minimum absolute atomic E-state index is 0.0355. The van der Waals surface area contributed by atoms with Crippen LogP contribution in [0.15, 0.2) is 12.2 Å². The summed E-state index contributed by atoms with van der Waals surface area (Å²) < 4.78 is 32.0. The van der Waals surface area contributed by atoms with Crippen LogP contribution >= 0.6 is 0 Å². The van der Waals surface area contributed by atoms with Crippen LogP contribution in [0.5, 0.6) is 0 Å². The molecule has 162 valence electrons. The van der Waals surface area contributed by atoms with Crippen LogP contribution in [-0.2, 0) is 18.8 Å². The van der Waals surface area contributed by atoms with E-state index in [1.807, 2.05) is 0 Å². The van der Waals surface area contributed by atoms with E-state index in [1.165, 1.54) is 70.6 Å². The van der Waals surface area contributed by atoms with Crippen molar-refractivity contribution in [3.05, 3.63) is 12.2 Å². The number of aliphatic hydroxyl groups is 1. The average Bonchev–Trinajstić information content (AvgIpc) is 2.64. The second-order valence-electron chi connectivity index (χ2n) is 7.07. The maximum Gasteiger partial charge on any atom is 0.399 e. The number of allylic oxidation sites excluding steroid dienone is 2. The summed E-state index contributed by atoms with van der Waals surface area (Å²) in [5.74, 6) is 0. The SMILES string of the molecule is CCCCCCCC/C=C\CCCCCCCCOS(=O)(=O)OCCCO. The quantitative estimate of drug-likeness (QED) is 0.196. The summed E-state index contributed by atoms with van der Waals surface area (Å²) in [4.78, 5) is 0. The Labute approximate surface area is 167 Å². The molecule has 0 bridgehead atoms. The Morgan fingerprint density at radius 3 is 1.63 bits per heavy atom. The molecule has 6 heteroatoms. The lowest BCUT2D eigenvalue weighted by Gasteiger charge is -2.05. The summed E-state index contributed by atoms with van der Waals surface area (Å²) in [6, 6.07) is 0. The summed E-state index contributed by atoms with van der Waals surface area (Å²) >= 11 is 0. The van der Waals surface area contributed by atoms with E-state index in [4.69, 9.17) is 9.29 Å². The molecule has 0 rings (SSSR count). The second kappa shape index (κ2) is 20.3. The molecule has 0 amide bonds. The first kappa shape index (κ1) is 26.6. The molecule has 27 heavy (non-hydrogen) atoms. The molecule has 5 nitrogen and oxygen atoms in total. The van der Waals surface area contributed by atoms with Gasteiger partial charge < -0.3 is 5.11 Å². The molecular weight excluding hydrogens is 364 g/mol. The van der Waals surface area contributed by atoms with Crippen molar-refractivity contribution in [1.82, 2.24) is 0 Å². The van der Waals surface area contributed by atoms with E-state index in [1.54, 1.807) is 0 Å². The van der Waals surface area contributed by atoms with Crippen molar-refractivity contribution in [2.45, 2.75) is 103 Å². The fourth-order valence-corrected chi connectivity index (χ4v) is 3.48. The van der Waals surface area contributed by atoms with Crippen LogP contribution in [0.25, 0.3) is 0 Å². The zero-order valence-electron chi connectivity index (χ0n) is 17.4. The van der Waals surface area contributed by atoms with Gasteiger partial charge in [0.1, 0.15) is 0 Å². The Balaban J connectivity index is 3.27. The van der Waals surface area contributed by atoms with E-state index in [0.29, 0.717) is 0 Å². The van der Waals surface area contributed by atoms with Crippen molar-refractivity contribution in [2.75, 3.05) is 19.8 Å². The van der Waals surface area contributed by atoms with Crippen LogP contribution in [0.3, 0.4) is 0 Å². The third-order valence-electron chi connectivity index (χ3n) is 4.41. The van der Waals surface area contributed by atoms with Crippen LogP contribution < -0.4 is 0 Å². The van der Waals surface area contributed by atoms with Crippen molar-refractivity contribution in [1.29, 1.82) is 0 Å². The summed E-state index contributed by atoms with van der Waals surface area (Å²) in [6.07, 6.45) is 21.9. The Kier molecular flexibility index (Phi) is 20.0. The van der Waals surface area contributed by atoms with E-state index < -0.39 is 10.4 Å². The normalized spacial score (nSPS) is 12.2. The molecule has 0 aromatic carbocycles. The fourth-order valence-electron chi connectivity index (χ4n) is 2.77. The van der Waals surface area contributed by atoms with Gasteiger partial charge in [-0.2, -0.15) is 8.42 Å². The molecule has 0 spiro atoms. The summed E-state index contributed by atoms with van der Waals surface area (Å²) in [6.45, 7) is 2.29. The van der Waals surface area contributed by atoms with E-state index in [9.17, 15) is 8.42 Å². The van der Waals surface area contributed by atoms with Gasteiger partial charge in [-0.15, -0.1) is 0 Å². The van der Waals surface area contributed by atoms with Gasteiger partial charge in [-0.25, -0.2) is 8.37 Å². The zero-order valence-corrected chi connectivity index (χ0v) is 18.2. The minimum Gasteiger partial charge on any atom is -0.396 e. The minimum atomic E-state index is -3.89. The number of hydrogen-bond donors (Lipinski definition) is 1. The molecule has 0 heterocycles. The van der Waals surface area contributed by atoms with Gasteiger partial charge in [-0.1, -0.05) is 76.9 Å². The summed E-state index contributed by atoms with van der Waals surface area (Å²) in [5, 5.41) is 8.58. The van der Waals surface area contributed by atoms with E-state index in [-0.39, 0.29) is 26.2 Å². The first-order chi connectivity index (χ1) is 13.1. The highest BCUT2D eigenvalue weighted by Crippen LogP contribution is 2.10. The van der Waals surface area contributed by atoms with Gasteiger partial charge in [0.2, 0.25) is 0 Å². The van der Waals surface area contributed by atoms with Crippen molar-refractivity contribution < 1.29 is 21.9 Å². The second-order valence-corrected chi connectivity index (χ2v) is 8.36. The van der Waals surface area contributed by atoms with Gasteiger partial charge in [-0.3, -0.25) is 0 Å². The van der Waals surface area contributed by atoms with Gasteiger partial charge in [0.15, 0.2) is 0 Å². The lowest BCUT2D eigenvalue weighted by molar-refractivity contribution is 0.190. The van der Waals surface area contributed by atoms with Crippen LogP contribution in [0.1, 0.15) is 103 Å². The van der Waals surface area contributed by atoms with Crippen LogP contribution in [0, 0.1) is 0 Å². The highest BCUT2D eigenvalue weighted by Gasteiger charge is 2.10. The lowest BCUT2D eigenvalue weighted by atomic mass is 10.1. The Hall–Kier alpha value is -0.430. The first-order valence-electron chi connectivity index (χ1n) is 10.9. The number of hydrogen-bond acceptors (Lipinski definition) is 5. The van der Waals surface area contributed by atoms with Gasteiger partial charge in [0.05, 0.1) is 13.2 Å². The highest BCUT2D eigenvalue weighted by atomic mass is 32.3. The standard InChI is InChI=1S/C21H42O5S/c1-2-3-4-5-6-7-8-9-10-11-12-13-14-15-16-17-20-25-27(23,24)26-21-18-19-22/h9-10,22H,2-8,11-21H2,1H3/b10-9-. The van der Waals surface area contributed by atoms with Crippen molar-refractivity contribution in [3.63, 3.8) is 0 Å². The molecule has 0 aromatic rings. The zero-order chi connectivity index (χ0) is 20.1. The molecule has 0 saturated carbocycles.